The number of pyridine rings is 1. The third-order valence-electron chi connectivity index (χ3n) is 10.6. The minimum atomic E-state index is 0.565. The first-order valence-electron chi connectivity index (χ1n) is 19.1. The fraction of sp³-hybridized carbons (Fsp3) is 0.0385. The number of fused-ring (bicyclic) bond motifs is 3. The van der Waals surface area contributed by atoms with Gasteiger partial charge in [0.1, 0.15) is 11.2 Å². The SMILES string of the molecule is Cc1ccc(-c2nc(-c3ccc(-c4c(-c5ccccc5)cc(-c5ccccc5)cc4-c4ccccc4)cc3)nc(-c3ccc4c(c3)oc3ccccc34)n2)c(C)n1. The maximum absolute atomic E-state index is 6.27. The van der Waals surface area contributed by atoms with Crippen LogP contribution in [0.1, 0.15) is 11.4 Å². The highest BCUT2D eigenvalue weighted by Crippen LogP contribution is 2.44. The van der Waals surface area contributed by atoms with Crippen molar-refractivity contribution < 1.29 is 4.42 Å². The van der Waals surface area contributed by atoms with Gasteiger partial charge < -0.3 is 4.42 Å². The topological polar surface area (TPSA) is 64.7 Å². The Hall–Kier alpha value is -7.50. The molecule has 0 radical (unpaired) electrons. The number of hydrogen-bond donors (Lipinski definition) is 0. The summed E-state index contributed by atoms with van der Waals surface area (Å²) in [4.78, 5) is 20.0. The lowest BCUT2D eigenvalue weighted by molar-refractivity contribution is 0.669. The predicted octanol–water partition coefficient (Wildman–Crippen LogP) is 13.5. The van der Waals surface area contributed by atoms with Crippen LogP contribution in [0.5, 0.6) is 0 Å². The number of furan rings is 1. The van der Waals surface area contributed by atoms with Gasteiger partial charge in [0, 0.05) is 38.9 Å². The van der Waals surface area contributed by atoms with Crippen LogP contribution < -0.4 is 0 Å². The van der Waals surface area contributed by atoms with Crippen molar-refractivity contribution in [2.45, 2.75) is 13.8 Å². The van der Waals surface area contributed by atoms with Crippen LogP contribution in [-0.2, 0) is 0 Å². The number of aromatic nitrogens is 4. The van der Waals surface area contributed by atoms with E-state index in [-0.39, 0.29) is 0 Å². The van der Waals surface area contributed by atoms with E-state index in [2.05, 4.69) is 146 Å². The van der Waals surface area contributed by atoms with Crippen molar-refractivity contribution in [3.05, 3.63) is 193 Å². The number of hydrogen-bond acceptors (Lipinski definition) is 5. The maximum atomic E-state index is 6.27. The van der Waals surface area contributed by atoms with E-state index in [1.165, 1.54) is 11.1 Å². The molecule has 0 N–H and O–H groups in total. The third-order valence-corrected chi connectivity index (χ3v) is 10.6. The van der Waals surface area contributed by atoms with Gasteiger partial charge in [-0.15, -0.1) is 0 Å². The van der Waals surface area contributed by atoms with E-state index in [1.807, 2.05) is 50.2 Å². The van der Waals surface area contributed by atoms with Gasteiger partial charge in [-0.2, -0.15) is 0 Å². The number of rotatable bonds is 7. The monoisotopic (exact) mass is 732 g/mol. The fourth-order valence-electron chi connectivity index (χ4n) is 7.77. The van der Waals surface area contributed by atoms with E-state index < -0.39 is 0 Å². The minimum Gasteiger partial charge on any atom is -0.456 e. The molecular weight excluding hydrogens is 697 g/mol. The van der Waals surface area contributed by atoms with Crippen LogP contribution in [0.4, 0.5) is 0 Å². The van der Waals surface area contributed by atoms with Gasteiger partial charge in [0.05, 0.1) is 0 Å². The zero-order chi connectivity index (χ0) is 38.3. The maximum Gasteiger partial charge on any atom is 0.165 e. The molecule has 57 heavy (non-hydrogen) atoms. The molecule has 3 heterocycles. The Morgan fingerprint density at radius 2 is 0.860 bits per heavy atom. The van der Waals surface area contributed by atoms with E-state index in [0.29, 0.717) is 17.5 Å². The summed E-state index contributed by atoms with van der Waals surface area (Å²) in [5.41, 5.74) is 15.3. The zero-order valence-electron chi connectivity index (χ0n) is 31.5. The Kier molecular flexibility index (Phi) is 8.53. The Morgan fingerprint density at radius 1 is 0.333 bits per heavy atom. The Morgan fingerprint density at radius 3 is 1.51 bits per heavy atom. The Balaban J connectivity index is 1.14. The molecule has 10 rings (SSSR count). The minimum absolute atomic E-state index is 0.565. The van der Waals surface area contributed by atoms with Crippen molar-refractivity contribution in [1.29, 1.82) is 0 Å². The summed E-state index contributed by atoms with van der Waals surface area (Å²) in [6, 6.07) is 63.5. The zero-order valence-corrected chi connectivity index (χ0v) is 31.5. The van der Waals surface area contributed by atoms with E-state index in [4.69, 9.17) is 24.4 Å². The summed E-state index contributed by atoms with van der Waals surface area (Å²) < 4.78 is 6.27. The number of nitrogens with zero attached hydrogens (tertiary/aromatic N) is 4. The second-order valence-corrected chi connectivity index (χ2v) is 14.3. The van der Waals surface area contributed by atoms with Gasteiger partial charge >= 0.3 is 0 Å². The number of para-hydroxylation sites is 1. The fourth-order valence-corrected chi connectivity index (χ4v) is 7.77. The van der Waals surface area contributed by atoms with Crippen molar-refractivity contribution in [2.75, 3.05) is 0 Å². The van der Waals surface area contributed by atoms with Crippen molar-refractivity contribution in [3.8, 4) is 78.7 Å². The van der Waals surface area contributed by atoms with Crippen LogP contribution in [0.2, 0.25) is 0 Å². The summed E-state index contributed by atoms with van der Waals surface area (Å²) in [5, 5.41) is 2.14. The number of benzene rings is 7. The molecule has 0 aliphatic heterocycles. The van der Waals surface area contributed by atoms with Crippen molar-refractivity contribution in [3.63, 3.8) is 0 Å². The molecule has 0 spiro atoms. The lowest BCUT2D eigenvalue weighted by Gasteiger charge is -2.19. The highest BCUT2D eigenvalue weighted by Gasteiger charge is 2.19. The van der Waals surface area contributed by atoms with Crippen LogP contribution >= 0.6 is 0 Å². The van der Waals surface area contributed by atoms with Crippen LogP contribution in [0, 0.1) is 13.8 Å². The highest BCUT2D eigenvalue weighted by molar-refractivity contribution is 6.05. The molecule has 0 atom stereocenters. The summed E-state index contributed by atoms with van der Waals surface area (Å²) in [7, 11) is 0. The third kappa shape index (κ3) is 6.45. The smallest absolute Gasteiger partial charge is 0.165 e. The summed E-state index contributed by atoms with van der Waals surface area (Å²) >= 11 is 0. The highest BCUT2D eigenvalue weighted by atomic mass is 16.3. The average Bonchev–Trinajstić information content (AvgIpc) is 3.65. The van der Waals surface area contributed by atoms with Gasteiger partial charge in [-0.25, -0.2) is 15.0 Å². The summed E-state index contributed by atoms with van der Waals surface area (Å²) in [6.45, 7) is 3.99. The number of aryl methyl sites for hydroxylation is 2. The molecule has 270 valence electrons. The first-order valence-corrected chi connectivity index (χ1v) is 19.1. The van der Waals surface area contributed by atoms with E-state index in [1.54, 1.807) is 0 Å². The van der Waals surface area contributed by atoms with E-state index in [0.717, 1.165) is 83.4 Å². The molecule has 0 saturated heterocycles. The normalized spacial score (nSPS) is 11.3. The lowest BCUT2D eigenvalue weighted by atomic mass is 9.84. The van der Waals surface area contributed by atoms with Crippen molar-refractivity contribution >= 4 is 21.9 Å². The van der Waals surface area contributed by atoms with Gasteiger partial charge in [-0.3, -0.25) is 4.98 Å². The van der Waals surface area contributed by atoms with Crippen LogP contribution in [0.25, 0.3) is 101 Å². The molecule has 5 heteroatoms. The van der Waals surface area contributed by atoms with Gasteiger partial charge in [-0.05, 0) is 101 Å². The first kappa shape index (κ1) is 34.0. The summed E-state index contributed by atoms with van der Waals surface area (Å²) in [6.07, 6.45) is 0. The molecule has 0 bridgehead atoms. The second-order valence-electron chi connectivity index (χ2n) is 14.3. The lowest BCUT2D eigenvalue weighted by Crippen LogP contribution is -2.02. The first-order chi connectivity index (χ1) is 28.1. The van der Waals surface area contributed by atoms with Crippen LogP contribution in [-0.4, -0.2) is 19.9 Å². The molecule has 3 aromatic heterocycles. The predicted molar refractivity (Wildman–Crippen MR) is 232 cm³/mol. The standard InChI is InChI=1S/C52H36N4O/c1-33-22-28-42(34(2)53-33)52-55-50(54-51(56-52)40-27-29-44-43-20-12-13-21-47(43)57-48(44)32-40)39-25-23-38(24-26-39)49-45(36-16-8-4-9-17-36)30-41(35-14-6-3-7-15-35)31-46(49)37-18-10-5-11-19-37/h3-32H,1-2H3. The molecule has 10 aromatic rings. The van der Waals surface area contributed by atoms with Crippen molar-refractivity contribution in [1.82, 2.24) is 19.9 Å². The molecule has 5 nitrogen and oxygen atoms in total. The molecule has 0 aliphatic rings. The Bertz CT molecular complexity index is 3000. The van der Waals surface area contributed by atoms with E-state index >= 15 is 0 Å². The molecular formula is C52H36N4O. The molecule has 0 fully saturated rings. The van der Waals surface area contributed by atoms with Crippen LogP contribution in [0.3, 0.4) is 0 Å². The Labute approximate surface area is 331 Å². The van der Waals surface area contributed by atoms with Crippen LogP contribution in [0.15, 0.2) is 186 Å². The molecule has 7 aromatic carbocycles. The molecule has 0 aliphatic carbocycles. The van der Waals surface area contributed by atoms with Crippen molar-refractivity contribution in [2.24, 2.45) is 0 Å². The van der Waals surface area contributed by atoms with Gasteiger partial charge in [-0.1, -0.05) is 140 Å². The van der Waals surface area contributed by atoms with E-state index in [9.17, 15) is 0 Å². The van der Waals surface area contributed by atoms with Gasteiger partial charge in [0.15, 0.2) is 17.5 Å². The molecule has 0 amide bonds. The van der Waals surface area contributed by atoms with Gasteiger partial charge in [0.2, 0.25) is 0 Å². The molecule has 0 unspecified atom stereocenters. The summed E-state index contributed by atoms with van der Waals surface area (Å²) in [5.74, 6) is 1.72. The molecule has 0 saturated carbocycles. The quantitative estimate of drug-likeness (QED) is 0.163. The second kappa shape index (κ2) is 14.3. The average molecular weight is 733 g/mol. The van der Waals surface area contributed by atoms with Gasteiger partial charge in [0.25, 0.3) is 0 Å². The largest absolute Gasteiger partial charge is 0.456 e.